The van der Waals surface area contributed by atoms with Crippen LogP contribution in [-0.4, -0.2) is 24.6 Å². The third kappa shape index (κ3) is 7.87. The second-order valence-electron chi connectivity index (χ2n) is 1.93. The highest BCUT2D eigenvalue weighted by Gasteiger charge is 1.85. The molecule has 2 heteroatoms. The Hall–Kier alpha value is -0.130. The van der Waals surface area contributed by atoms with Gasteiger partial charge in [0.25, 0.3) is 0 Å². The van der Waals surface area contributed by atoms with Crippen molar-refractivity contribution in [3.63, 3.8) is 0 Å². The number of nitrogens with one attached hydrogen (secondary N) is 1. The highest BCUT2D eigenvalue weighted by atomic mass is 32.2. The molecular formula is C8H15NS. The molecule has 0 fully saturated rings. The van der Waals surface area contributed by atoms with E-state index in [2.05, 4.69) is 18.2 Å². The van der Waals surface area contributed by atoms with Gasteiger partial charge in [-0.15, -0.1) is 6.42 Å². The summed E-state index contributed by atoms with van der Waals surface area (Å²) < 4.78 is 0. The Kier molecular flexibility index (Phi) is 8.75. The van der Waals surface area contributed by atoms with Crippen LogP contribution >= 0.6 is 11.8 Å². The number of hydrogen-bond acceptors (Lipinski definition) is 2. The minimum absolute atomic E-state index is 0.705. The van der Waals surface area contributed by atoms with E-state index in [0.717, 1.165) is 6.54 Å². The van der Waals surface area contributed by atoms with Crippen LogP contribution in [0.15, 0.2) is 0 Å². The average Bonchev–Trinajstić information content (AvgIpc) is 1.97. The minimum Gasteiger partial charge on any atom is -0.306 e. The van der Waals surface area contributed by atoms with Gasteiger partial charge in [0.1, 0.15) is 0 Å². The van der Waals surface area contributed by atoms with Gasteiger partial charge in [-0.25, -0.2) is 0 Å². The molecule has 1 nitrogen and oxygen atoms in total. The van der Waals surface area contributed by atoms with Crippen molar-refractivity contribution in [2.75, 3.05) is 24.6 Å². The van der Waals surface area contributed by atoms with Gasteiger partial charge in [0.15, 0.2) is 0 Å². The molecule has 0 atom stereocenters. The molecule has 0 unspecified atom stereocenters. The highest BCUT2D eigenvalue weighted by molar-refractivity contribution is 7.99. The summed E-state index contributed by atoms with van der Waals surface area (Å²) in [6.45, 7) is 3.94. The molecule has 0 saturated carbocycles. The van der Waals surface area contributed by atoms with Crippen LogP contribution in [0.4, 0.5) is 0 Å². The fourth-order valence-electron chi connectivity index (χ4n) is 0.604. The fraction of sp³-hybridized carbons (Fsp3) is 0.750. The van der Waals surface area contributed by atoms with Gasteiger partial charge in [0.05, 0.1) is 6.54 Å². The molecule has 0 aromatic carbocycles. The molecule has 0 bridgehead atoms. The summed E-state index contributed by atoms with van der Waals surface area (Å²) in [5.74, 6) is 5.00. The standard InChI is InChI=1S/C8H15NS/c1-3-6-9-7-5-8-10-4-2/h1,9H,4-8H2,2H3. The first-order valence-corrected chi connectivity index (χ1v) is 4.79. The van der Waals surface area contributed by atoms with Gasteiger partial charge in [-0.05, 0) is 24.5 Å². The Morgan fingerprint density at radius 1 is 1.60 bits per heavy atom. The zero-order valence-electron chi connectivity index (χ0n) is 6.52. The normalized spacial score (nSPS) is 9.20. The van der Waals surface area contributed by atoms with Crippen molar-refractivity contribution < 1.29 is 0 Å². The maximum atomic E-state index is 5.05. The second-order valence-corrected chi connectivity index (χ2v) is 3.33. The molecule has 0 aromatic rings. The number of thioether (sulfide) groups is 1. The monoisotopic (exact) mass is 157 g/mol. The molecule has 10 heavy (non-hydrogen) atoms. The first kappa shape index (κ1) is 9.87. The summed E-state index contributed by atoms with van der Waals surface area (Å²) in [5, 5.41) is 3.14. The largest absolute Gasteiger partial charge is 0.306 e. The Morgan fingerprint density at radius 2 is 2.40 bits per heavy atom. The van der Waals surface area contributed by atoms with Crippen LogP contribution < -0.4 is 5.32 Å². The fourth-order valence-corrected chi connectivity index (χ4v) is 1.24. The van der Waals surface area contributed by atoms with Gasteiger partial charge >= 0.3 is 0 Å². The van der Waals surface area contributed by atoms with Gasteiger partial charge in [-0.2, -0.15) is 11.8 Å². The summed E-state index contributed by atoms with van der Waals surface area (Å²) in [6, 6.07) is 0. The first-order chi connectivity index (χ1) is 4.91. The van der Waals surface area contributed by atoms with Crippen LogP contribution in [0.3, 0.4) is 0 Å². The van der Waals surface area contributed by atoms with Crippen LogP contribution in [0.2, 0.25) is 0 Å². The summed E-state index contributed by atoms with van der Waals surface area (Å²) in [5.41, 5.74) is 0. The lowest BCUT2D eigenvalue weighted by molar-refractivity contribution is 0.742. The third-order valence-electron chi connectivity index (χ3n) is 1.07. The van der Waals surface area contributed by atoms with E-state index in [1.54, 1.807) is 0 Å². The van der Waals surface area contributed by atoms with Crippen molar-refractivity contribution in [1.82, 2.24) is 5.32 Å². The average molecular weight is 157 g/mol. The van der Waals surface area contributed by atoms with Gasteiger partial charge in [-0.3, -0.25) is 0 Å². The summed E-state index contributed by atoms with van der Waals surface area (Å²) in [4.78, 5) is 0. The maximum Gasteiger partial charge on any atom is 0.0573 e. The lowest BCUT2D eigenvalue weighted by Gasteiger charge is -1.98. The Balaban J connectivity index is 2.72. The molecule has 0 rings (SSSR count). The van der Waals surface area contributed by atoms with Crippen molar-refractivity contribution in [2.24, 2.45) is 0 Å². The predicted octanol–water partition coefficient (Wildman–Crippen LogP) is 1.35. The zero-order chi connectivity index (χ0) is 7.66. The molecule has 0 amide bonds. The second kappa shape index (κ2) is 8.87. The molecule has 0 radical (unpaired) electrons. The first-order valence-electron chi connectivity index (χ1n) is 3.63. The topological polar surface area (TPSA) is 12.0 Å². The molecule has 1 N–H and O–H groups in total. The van der Waals surface area contributed by atoms with Crippen LogP contribution in [0.1, 0.15) is 13.3 Å². The summed E-state index contributed by atoms with van der Waals surface area (Å²) in [7, 11) is 0. The van der Waals surface area contributed by atoms with Gasteiger partial charge in [0, 0.05) is 0 Å². The van der Waals surface area contributed by atoms with Crippen molar-refractivity contribution in [2.45, 2.75) is 13.3 Å². The maximum absolute atomic E-state index is 5.05. The van der Waals surface area contributed by atoms with E-state index in [9.17, 15) is 0 Å². The van der Waals surface area contributed by atoms with Crippen LogP contribution in [0, 0.1) is 12.3 Å². The molecule has 0 aliphatic carbocycles. The summed E-state index contributed by atoms with van der Waals surface area (Å²) >= 11 is 1.97. The van der Waals surface area contributed by atoms with Gasteiger partial charge in [0.2, 0.25) is 0 Å². The Labute approximate surface area is 68.0 Å². The number of terminal acetylenes is 1. The van der Waals surface area contributed by atoms with E-state index >= 15 is 0 Å². The quantitative estimate of drug-likeness (QED) is 0.461. The molecule has 0 aliphatic heterocycles. The van der Waals surface area contributed by atoms with E-state index in [-0.39, 0.29) is 0 Å². The van der Waals surface area contributed by atoms with Gasteiger partial charge < -0.3 is 5.32 Å². The van der Waals surface area contributed by atoms with Crippen molar-refractivity contribution in [3.05, 3.63) is 0 Å². The summed E-state index contributed by atoms with van der Waals surface area (Å²) in [6.07, 6.45) is 6.27. The third-order valence-corrected chi connectivity index (χ3v) is 2.06. The van der Waals surface area contributed by atoms with Crippen LogP contribution in [0.5, 0.6) is 0 Å². The highest BCUT2D eigenvalue weighted by Crippen LogP contribution is 1.98. The van der Waals surface area contributed by atoms with E-state index in [1.165, 1.54) is 17.9 Å². The van der Waals surface area contributed by atoms with Crippen molar-refractivity contribution in [1.29, 1.82) is 0 Å². The Morgan fingerprint density at radius 3 is 3.00 bits per heavy atom. The van der Waals surface area contributed by atoms with Crippen molar-refractivity contribution >= 4 is 11.8 Å². The Bertz CT molecular complexity index is 95.9. The molecule has 0 spiro atoms. The van der Waals surface area contributed by atoms with Crippen LogP contribution in [0.25, 0.3) is 0 Å². The predicted molar refractivity (Wildman–Crippen MR) is 49.3 cm³/mol. The lowest BCUT2D eigenvalue weighted by atomic mass is 10.5. The number of rotatable bonds is 6. The van der Waals surface area contributed by atoms with E-state index < -0.39 is 0 Å². The van der Waals surface area contributed by atoms with E-state index in [1.807, 2.05) is 11.8 Å². The lowest BCUT2D eigenvalue weighted by Crippen LogP contribution is -2.15. The molecule has 58 valence electrons. The van der Waals surface area contributed by atoms with Gasteiger partial charge in [-0.1, -0.05) is 12.8 Å². The van der Waals surface area contributed by atoms with E-state index in [4.69, 9.17) is 6.42 Å². The van der Waals surface area contributed by atoms with E-state index in [0.29, 0.717) is 6.54 Å². The molecule has 0 aliphatic rings. The smallest absolute Gasteiger partial charge is 0.0573 e. The SMILES string of the molecule is C#CCNCCCSCC. The molecule has 0 aromatic heterocycles. The molecule has 0 saturated heterocycles. The zero-order valence-corrected chi connectivity index (χ0v) is 7.34. The van der Waals surface area contributed by atoms with Crippen molar-refractivity contribution in [3.8, 4) is 12.3 Å². The minimum atomic E-state index is 0.705. The molecular weight excluding hydrogens is 142 g/mol. The number of hydrogen-bond donors (Lipinski definition) is 1. The molecule has 0 heterocycles. The van der Waals surface area contributed by atoms with Crippen LogP contribution in [-0.2, 0) is 0 Å².